The molecule has 4 heteroatoms. The summed E-state index contributed by atoms with van der Waals surface area (Å²) in [4.78, 5) is 12.4. The van der Waals surface area contributed by atoms with Crippen LogP contribution in [0.4, 0.5) is 0 Å². The number of ether oxygens (including phenoxy) is 1. The van der Waals surface area contributed by atoms with Gasteiger partial charge in [-0.3, -0.25) is 0 Å². The summed E-state index contributed by atoms with van der Waals surface area (Å²) in [6, 6.07) is 1.85. The zero-order valence-electron chi connectivity index (χ0n) is 10.5. The second kappa shape index (κ2) is 4.57. The van der Waals surface area contributed by atoms with Crippen molar-refractivity contribution in [2.75, 3.05) is 6.61 Å². The Bertz CT molecular complexity index is 466. The van der Waals surface area contributed by atoms with Gasteiger partial charge in [0.05, 0.1) is 6.61 Å². The van der Waals surface area contributed by atoms with Gasteiger partial charge in [-0.15, -0.1) is 11.3 Å². The second-order valence-corrected chi connectivity index (χ2v) is 6.86. The summed E-state index contributed by atoms with van der Waals surface area (Å²) < 4.78 is 5.79. The lowest BCUT2D eigenvalue weighted by atomic mass is 9.89. The third kappa shape index (κ3) is 2.14. The molecule has 3 rings (SSSR count). The summed E-state index contributed by atoms with van der Waals surface area (Å²) in [6.45, 7) is 2.61. The topological polar surface area (TPSA) is 46.5 Å². The summed E-state index contributed by atoms with van der Waals surface area (Å²) in [7, 11) is 0. The van der Waals surface area contributed by atoms with Gasteiger partial charge in [0.15, 0.2) is 4.88 Å². The van der Waals surface area contributed by atoms with Gasteiger partial charge in [0.25, 0.3) is 0 Å². The molecule has 0 aliphatic heterocycles. The Kier molecular flexibility index (Phi) is 3.06. The van der Waals surface area contributed by atoms with Crippen LogP contribution in [0.3, 0.4) is 0 Å². The molecule has 0 spiro atoms. The van der Waals surface area contributed by atoms with Crippen molar-refractivity contribution in [2.24, 2.45) is 17.8 Å². The number of rotatable bonds is 4. The number of carboxylic acids is 1. The van der Waals surface area contributed by atoms with Gasteiger partial charge >= 0.3 is 5.97 Å². The highest BCUT2D eigenvalue weighted by atomic mass is 32.1. The van der Waals surface area contributed by atoms with Crippen LogP contribution in [0.1, 0.15) is 40.2 Å². The van der Waals surface area contributed by atoms with E-state index < -0.39 is 5.97 Å². The summed E-state index contributed by atoms with van der Waals surface area (Å²) in [5, 5.41) is 9.11. The van der Waals surface area contributed by atoms with Crippen LogP contribution in [-0.4, -0.2) is 17.7 Å². The summed E-state index contributed by atoms with van der Waals surface area (Å²) in [5.41, 5.74) is 0. The first kappa shape index (κ1) is 12.0. The van der Waals surface area contributed by atoms with Crippen molar-refractivity contribution in [3.05, 3.63) is 15.8 Å². The monoisotopic (exact) mass is 266 g/mol. The number of fused-ring (bicyclic) bond motifs is 2. The average Bonchev–Trinajstić information content (AvgIpc) is 3.00. The minimum Gasteiger partial charge on any atom is -0.491 e. The number of carboxylic acid groups (broad SMARTS) is 1. The molecule has 2 bridgehead atoms. The highest BCUT2D eigenvalue weighted by molar-refractivity contribution is 7.14. The lowest BCUT2D eigenvalue weighted by Crippen LogP contribution is -2.18. The van der Waals surface area contributed by atoms with E-state index in [1.54, 1.807) is 0 Å². The van der Waals surface area contributed by atoms with Gasteiger partial charge in [-0.05, 0) is 50.0 Å². The molecule has 1 heterocycles. The van der Waals surface area contributed by atoms with E-state index in [0.29, 0.717) is 23.2 Å². The van der Waals surface area contributed by atoms with Crippen molar-refractivity contribution in [1.29, 1.82) is 0 Å². The highest BCUT2D eigenvalue weighted by Crippen LogP contribution is 2.48. The summed E-state index contributed by atoms with van der Waals surface area (Å²) in [5.74, 6) is 2.06. The van der Waals surface area contributed by atoms with E-state index in [2.05, 4.69) is 0 Å². The van der Waals surface area contributed by atoms with Crippen molar-refractivity contribution in [1.82, 2.24) is 0 Å². The number of carbonyl (C=O) groups is 1. The smallest absolute Gasteiger partial charge is 0.349 e. The van der Waals surface area contributed by atoms with Gasteiger partial charge in [0.2, 0.25) is 0 Å². The Morgan fingerprint density at radius 1 is 1.50 bits per heavy atom. The van der Waals surface area contributed by atoms with E-state index in [9.17, 15) is 4.79 Å². The highest BCUT2D eigenvalue weighted by Gasteiger charge is 2.39. The van der Waals surface area contributed by atoms with E-state index >= 15 is 0 Å². The fourth-order valence-corrected chi connectivity index (χ4v) is 4.32. The maximum absolute atomic E-state index is 11.1. The van der Waals surface area contributed by atoms with Gasteiger partial charge in [0.1, 0.15) is 5.75 Å². The molecule has 1 N–H and O–H groups in total. The summed E-state index contributed by atoms with van der Waals surface area (Å²) >= 11 is 1.30. The molecule has 0 radical (unpaired) electrons. The van der Waals surface area contributed by atoms with Crippen molar-refractivity contribution in [3.8, 4) is 5.75 Å². The SMILES string of the molecule is Cc1cc(OCC2CC3CCC2C3)c(C(=O)O)s1. The number of aromatic carboxylic acids is 1. The van der Waals surface area contributed by atoms with Crippen LogP contribution in [-0.2, 0) is 0 Å². The lowest BCUT2D eigenvalue weighted by Gasteiger charge is -2.21. The van der Waals surface area contributed by atoms with Crippen LogP contribution in [0.2, 0.25) is 0 Å². The van der Waals surface area contributed by atoms with E-state index in [1.807, 2.05) is 13.0 Å². The number of aryl methyl sites for hydroxylation is 1. The molecule has 3 unspecified atom stereocenters. The van der Waals surface area contributed by atoms with Crippen LogP contribution in [0.5, 0.6) is 5.75 Å². The van der Waals surface area contributed by atoms with Crippen molar-refractivity contribution in [2.45, 2.75) is 32.6 Å². The van der Waals surface area contributed by atoms with Crippen LogP contribution in [0.25, 0.3) is 0 Å². The normalized spacial score (nSPS) is 29.7. The third-order valence-corrected chi connectivity index (χ3v) is 5.37. The van der Waals surface area contributed by atoms with Crippen LogP contribution < -0.4 is 4.74 Å². The second-order valence-electron chi connectivity index (χ2n) is 5.60. The Hall–Kier alpha value is -1.03. The van der Waals surface area contributed by atoms with Gasteiger partial charge in [-0.25, -0.2) is 4.79 Å². The van der Waals surface area contributed by atoms with Crippen molar-refractivity contribution >= 4 is 17.3 Å². The largest absolute Gasteiger partial charge is 0.491 e. The first-order chi connectivity index (χ1) is 8.63. The first-order valence-electron chi connectivity index (χ1n) is 6.60. The molecule has 2 saturated carbocycles. The third-order valence-electron chi connectivity index (χ3n) is 4.35. The Morgan fingerprint density at radius 2 is 2.33 bits per heavy atom. The van der Waals surface area contributed by atoms with Crippen LogP contribution >= 0.6 is 11.3 Å². The fourth-order valence-electron chi connectivity index (χ4n) is 3.52. The molecule has 2 aliphatic rings. The minimum atomic E-state index is -0.879. The Balaban J connectivity index is 1.65. The molecular weight excluding hydrogens is 248 g/mol. The lowest BCUT2D eigenvalue weighted by molar-refractivity contribution is 0.0696. The van der Waals surface area contributed by atoms with Crippen molar-refractivity contribution in [3.63, 3.8) is 0 Å². The van der Waals surface area contributed by atoms with Crippen LogP contribution in [0.15, 0.2) is 6.07 Å². The molecular formula is C14H18O3S. The van der Waals surface area contributed by atoms with Crippen LogP contribution in [0, 0.1) is 24.7 Å². The van der Waals surface area contributed by atoms with Gasteiger partial charge in [-0.1, -0.05) is 6.42 Å². The zero-order valence-corrected chi connectivity index (χ0v) is 11.3. The number of hydrogen-bond acceptors (Lipinski definition) is 3. The molecule has 2 fully saturated rings. The molecule has 18 heavy (non-hydrogen) atoms. The number of hydrogen-bond donors (Lipinski definition) is 1. The molecule has 3 atom stereocenters. The molecule has 1 aromatic heterocycles. The van der Waals surface area contributed by atoms with E-state index in [4.69, 9.17) is 9.84 Å². The van der Waals surface area contributed by atoms with Crippen molar-refractivity contribution < 1.29 is 14.6 Å². The predicted molar refractivity (Wildman–Crippen MR) is 70.4 cm³/mol. The predicted octanol–water partition coefficient (Wildman–Crippen LogP) is 3.57. The fraction of sp³-hybridized carbons (Fsp3) is 0.643. The standard InChI is InChI=1S/C14H18O3S/c1-8-4-12(13(18-8)14(15)16)17-7-11-6-9-2-3-10(11)5-9/h4,9-11H,2-3,5-7H2,1H3,(H,15,16). The maximum atomic E-state index is 11.1. The molecule has 3 nitrogen and oxygen atoms in total. The van der Waals surface area contributed by atoms with E-state index in [1.165, 1.54) is 37.0 Å². The Labute approximate surface area is 111 Å². The Morgan fingerprint density at radius 3 is 2.94 bits per heavy atom. The molecule has 98 valence electrons. The minimum absolute atomic E-state index is 0.343. The number of thiophene rings is 1. The van der Waals surface area contributed by atoms with Gasteiger partial charge in [-0.2, -0.15) is 0 Å². The molecule has 0 amide bonds. The molecule has 0 saturated heterocycles. The molecule has 0 aromatic carbocycles. The van der Waals surface area contributed by atoms with Gasteiger partial charge < -0.3 is 9.84 Å². The first-order valence-corrected chi connectivity index (χ1v) is 7.41. The van der Waals surface area contributed by atoms with E-state index in [-0.39, 0.29) is 0 Å². The maximum Gasteiger partial charge on any atom is 0.349 e. The molecule has 1 aromatic rings. The summed E-state index contributed by atoms with van der Waals surface area (Å²) in [6.07, 6.45) is 5.37. The zero-order chi connectivity index (χ0) is 12.7. The van der Waals surface area contributed by atoms with E-state index in [0.717, 1.165) is 16.7 Å². The molecule has 2 aliphatic carbocycles. The quantitative estimate of drug-likeness (QED) is 0.906. The average molecular weight is 266 g/mol. The van der Waals surface area contributed by atoms with Gasteiger partial charge in [0, 0.05) is 4.88 Å².